The average molecular weight is 440 g/mol. The quantitative estimate of drug-likeness (QED) is 0.464. The molecule has 1 N–H and O–H groups in total. The number of benzene rings is 1. The zero-order valence-electron chi connectivity index (χ0n) is 15.2. The monoisotopic (exact) mass is 439 g/mol. The molecule has 1 aromatic carbocycles. The SMILES string of the molecule is Cc1cc(NC(=O)CCCBr)n(-c2ncnc3c2cnn3-c2ccccc2)n1. The summed E-state index contributed by atoms with van der Waals surface area (Å²) in [5.74, 6) is 1.08. The van der Waals surface area contributed by atoms with Crippen molar-refractivity contribution >= 4 is 38.7 Å². The fraction of sp³-hybridized carbons (Fsp3) is 0.211. The van der Waals surface area contributed by atoms with E-state index in [4.69, 9.17) is 0 Å². The topological polar surface area (TPSA) is 90.5 Å². The lowest BCUT2D eigenvalue weighted by molar-refractivity contribution is -0.116. The second-order valence-electron chi connectivity index (χ2n) is 6.25. The fourth-order valence-corrected chi connectivity index (χ4v) is 3.22. The van der Waals surface area contributed by atoms with Gasteiger partial charge in [-0.1, -0.05) is 34.1 Å². The van der Waals surface area contributed by atoms with Crippen LogP contribution in [0.1, 0.15) is 18.5 Å². The van der Waals surface area contributed by atoms with Crippen molar-refractivity contribution in [1.82, 2.24) is 29.5 Å². The number of alkyl halides is 1. The van der Waals surface area contributed by atoms with Crippen LogP contribution in [-0.4, -0.2) is 40.8 Å². The predicted molar refractivity (Wildman–Crippen MR) is 110 cm³/mol. The van der Waals surface area contributed by atoms with Gasteiger partial charge in [-0.3, -0.25) is 4.79 Å². The van der Waals surface area contributed by atoms with Gasteiger partial charge >= 0.3 is 0 Å². The van der Waals surface area contributed by atoms with Crippen molar-refractivity contribution in [2.24, 2.45) is 0 Å². The molecule has 0 unspecified atom stereocenters. The Morgan fingerprint density at radius 2 is 2.00 bits per heavy atom. The Balaban J connectivity index is 1.76. The second-order valence-corrected chi connectivity index (χ2v) is 7.04. The third-order valence-corrected chi connectivity index (χ3v) is 4.74. The number of hydrogen-bond donors (Lipinski definition) is 1. The van der Waals surface area contributed by atoms with Gasteiger partial charge in [-0.2, -0.15) is 14.9 Å². The smallest absolute Gasteiger partial charge is 0.225 e. The zero-order valence-corrected chi connectivity index (χ0v) is 16.8. The highest BCUT2D eigenvalue weighted by Gasteiger charge is 2.17. The molecule has 142 valence electrons. The van der Waals surface area contributed by atoms with E-state index in [-0.39, 0.29) is 5.91 Å². The standard InChI is InChI=1S/C19H18BrN7O/c1-13-10-16(24-17(28)8-5-9-20)27(25-13)19-15-11-23-26(18(15)21-12-22-19)14-6-3-2-4-7-14/h2-4,6-7,10-12H,5,8-9H2,1H3,(H,24,28). The summed E-state index contributed by atoms with van der Waals surface area (Å²) in [6.45, 7) is 1.87. The molecule has 4 aromatic rings. The van der Waals surface area contributed by atoms with Gasteiger partial charge in [-0.25, -0.2) is 14.6 Å². The van der Waals surface area contributed by atoms with Crippen LogP contribution in [0.4, 0.5) is 5.82 Å². The van der Waals surface area contributed by atoms with Gasteiger partial charge in [0.15, 0.2) is 11.5 Å². The maximum Gasteiger partial charge on any atom is 0.225 e. The van der Waals surface area contributed by atoms with Crippen molar-refractivity contribution in [3.63, 3.8) is 0 Å². The molecular weight excluding hydrogens is 422 g/mol. The van der Waals surface area contributed by atoms with Gasteiger partial charge in [0.2, 0.25) is 5.91 Å². The number of amides is 1. The van der Waals surface area contributed by atoms with Crippen LogP contribution in [0.15, 0.2) is 48.9 Å². The number of anilines is 1. The van der Waals surface area contributed by atoms with E-state index in [0.717, 1.165) is 28.5 Å². The lowest BCUT2D eigenvalue weighted by Crippen LogP contribution is -2.15. The number of fused-ring (bicyclic) bond motifs is 1. The van der Waals surface area contributed by atoms with Crippen LogP contribution in [-0.2, 0) is 4.79 Å². The number of nitrogens with one attached hydrogen (secondary N) is 1. The number of carbonyl (C=O) groups is 1. The number of para-hydroxylation sites is 1. The number of aryl methyl sites for hydroxylation is 1. The van der Waals surface area contributed by atoms with Gasteiger partial charge in [0.1, 0.15) is 12.1 Å². The number of halogens is 1. The maximum absolute atomic E-state index is 12.2. The molecule has 0 atom stereocenters. The summed E-state index contributed by atoms with van der Waals surface area (Å²) in [4.78, 5) is 21.0. The first kappa shape index (κ1) is 18.3. The fourth-order valence-electron chi connectivity index (χ4n) is 2.94. The molecule has 0 radical (unpaired) electrons. The molecule has 9 heteroatoms. The van der Waals surface area contributed by atoms with Crippen LogP contribution >= 0.6 is 15.9 Å². The Morgan fingerprint density at radius 3 is 2.79 bits per heavy atom. The highest BCUT2D eigenvalue weighted by atomic mass is 79.9. The Labute approximate surface area is 169 Å². The molecule has 0 aliphatic carbocycles. The molecule has 0 aliphatic heterocycles. The minimum absolute atomic E-state index is 0.0640. The molecule has 0 spiro atoms. The normalized spacial score (nSPS) is 11.1. The van der Waals surface area contributed by atoms with Crippen LogP contribution in [0, 0.1) is 6.92 Å². The van der Waals surface area contributed by atoms with E-state index < -0.39 is 0 Å². The van der Waals surface area contributed by atoms with Gasteiger partial charge in [0, 0.05) is 17.8 Å². The molecule has 0 saturated carbocycles. The van der Waals surface area contributed by atoms with Gasteiger partial charge in [0.25, 0.3) is 0 Å². The molecule has 0 saturated heterocycles. The molecule has 3 aromatic heterocycles. The van der Waals surface area contributed by atoms with E-state index in [2.05, 4.69) is 41.4 Å². The van der Waals surface area contributed by atoms with Crippen molar-refractivity contribution in [2.75, 3.05) is 10.6 Å². The van der Waals surface area contributed by atoms with Crippen LogP contribution in [0.5, 0.6) is 0 Å². The minimum atomic E-state index is -0.0640. The highest BCUT2D eigenvalue weighted by molar-refractivity contribution is 9.09. The lowest BCUT2D eigenvalue weighted by atomic mass is 10.3. The van der Waals surface area contributed by atoms with E-state index in [0.29, 0.717) is 23.7 Å². The Kier molecular flexibility index (Phi) is 5.16. The van der Waals surface area contributed by atoms with E-state index in [1.54, 1.807) is 15.6 Å². The summed E-state index contributed by atoms with van der Waals surface area (Å²) in [5.41, 5.74) is 2.35. The van der Waals surface area contributed by atoms with Crippen molar-refractivity contribution in [3.8, 4) is 11.5 Å². The summed E-state index contributed by atoms with van der Waals surface area (Å²) in [6, 6.07) is 11.6. The first-order chi connectivity index (χ1) is 13.7. The molecule has 0 bridgehead atoms. The first-order valence-corrected chi connectivity index (χ1v) is 9.96. The Hall–Kier alpha value is -3.07. The first-order valence-electron chi connectivity index (χ1n) is 8.84. The summed E-state index contributed by atoms with van der Waals surface area (Å²) in [5, 5.41) is 13.4. The van der Waals surface area contributed by atoms with Crippen molar-refractivity contribution in [1.29, 1.82) is 0 Å². The van der Waals surface area contributed by atoms with E-state index in [1.165, 1.54) is 6.33 Å². The van der Waals surface area contributed by atoms with Crippen LogP contribution in [0.3, 0.4) is 0 Å². The largest absolute Gasteiger partial charge is 0.311 e. The number of aromatic nitrogens is 6. The molecule has 28 heavy (non-hydrogen) atoms. The van der Waals surface area contributed by atoms with E-state index in [9.17, 15) is 4.79 Å². The molecule has 4 rings (SSSR count). The van der Waals surface area contributed by atoms with Crippen molar-refractivity contribution in [3.05, 3.63) is 54.6 Å². The molecule has 8 nitrogen and oxygen atoms in total. The van der Waals surface area contributed by atoms with E-state index in [1.807, 2.05) is 43.3 Å². The number of nitrogens with zero attached hydrogens (tertiary/aromatic N) is 6. The summed E-state index contributed by atoms with van der Waals surface area (Å²) < 4.78 is 3.38. The van der Waals surface area contributed by atoms with Crippen LogP contribution in [0.2, 0.25) is 0 Å². The Bertz CT molecular complexity index is 1120. The predicted octanol–water partition coefficient (Wildman–Crippen LogP) is 3.42. The molecule has 0 aliphatic rings. The van der Waals surface area contributed by atoms with E-state index >= 15 is 0 Å². The van der Waals surface area contributed by atoms with Crippen LogP contribution < -0.4 is 5.32 Å². The number of hydrogen-bond acceptors (Lipinski definition) is 5. The lowest BCUT2D eigenvalue weighted by Gasteiger charge is -2.09. The summed E-state index contributed by atoms with van der Waals surface area (Å²) >= 11 is 3.34. The highest BCUT2D eigenvalue weighted by Crippen LogP contribution is 2.24. The zero-order chi connectivity index (χ0) is 19.5. The molecule has 1 amide bonds. The molecule has 0 fully saturated rings. The van der Waals surface area contributed by atoms with Crippen molar-refractivity contribution in [2.45, 2.75) is 19.8 Å². The van der Waals surface area contributed by atoms with Crippen molar-refractivity contribution < 1.29 is 4.79 Å². The number of carbonyl (C=O) groups excluding carboxylic acids is 1. The summed E-state index contributed by atoms with van der Waals surface area (Å²) in [6.07, 6.45) is 4.39. The molecule has 3 heterocycles. The van der Waals surface area contributed by atoms with Crippen LogP contribution in [0.25, 0.3) is 22.5 Å². The maximum atomic E-state index is 12.2. The molecular formula is C19H18BrN7O. The third kappa shape index (κ3) is 3.53. The third-order valence-electron chi connectivity index (χ3n) is 4.18. The van der Waals surface area contributed by atoms with Gasteiger partial charge in [-0.15, -0.1) is 0 Å². The van der Waals surface area contributed by atoms with Gasteiger partial charge in [-0.05, 0) is 25.5 Å². The Morgan fingerprint density at radius 1 is 1.18 bits per heavy atom. The minimum Gasteiger partial charge on any atom is -0.311 e. The summed E-state index contributed by atoms with van der Waals surface area (Å²) in [7, 11) is 0. The number of rotatable bonds is 6. The van der Waals surface area contributed by atoms with Gasteiger partial charge < -0.3 is 5.32 Å². The average Bonchev–Trinajstić information content (AvgIpc) is 3.30. The second kappa shape index (κ2) is 7.89. The van der Waals surface area contributed by atoms with Gasteiger partial charge in [0.05, 0.1) is 23.0 Å².